The van der Waals surface area contributed by atoms with E-state index in [4.69, 9.17) is 0 Å². The van der Waals surface area contributed by atoms with Crippen LogP contribution in [0.25, 0.3) is 11.0 Å². The number of carbonyl (C=O) groups is 1. The van der Waals surface area contributed by atoms with Crippen LogP contribution in [0, 0.1) is 17.6 Å². The van der Waals surface area contributed by atoms with E-state index >= 15 is 0 Å². The Kier molecular flexibility index (Phi) is 4.57. The van der Waals surface area contributed by atoms with Crippen molar-refractivity contribution in [1.29, 1.82) is 0 Å². The quantitative estimate of drug-likeness (QED) is 0.866. The predicted octanol–water partition coefficient (Wildman–Crippen LogP) is 3.58. The highest BCUT2D eigenvalue weighted by Gasteiger charge is 2.30. The lowest BCUT2D eigenvalue weighted by Crippen LogP contribution is -2.38. The molecular formula is C16H19F2N3OS. The molecule has 2 heterocycles. The molecule has 0 saturated carbocycles. The number of aromatic nitrogens is 2. The number of hydrogen-bond acceptors (Lipinski definition) is 3. The maximum Gasteiger partial charge on any atom is 0.236 e. The number of likely N-dealkylation sites (tertiary alicyclic amines) is 1. The Balaban J connectivity index is 1.83. The zero-order valence-electron chi connectivity index (χ0n) is 13.1. The maximum absolute atomic E-state index is 13.3. The summed E-state index contributed by atoms with van der Waals surface area (Å²) in [6.45, 7) is 5.60. The van der Waals surface area contributed by atoms with E-state index in [2.05, 4.69) is 9.97 Å². The summed E-state index contributed by atoms with van der Waals surface area (Å²) in [7, 11) is 0. The molecule has 1 aliphatic rings. The lowest BCUT2D eigenvalue weighted by atomic mass is 10.1. The monoisotopic (exact) mass is 339 g/mol. The molecule has 2 aromatic rings. The van der Waals surface area contributed by atoms with Gasteiger partial charge in [0.05, 0.1) is 16.3 Å². The Bertz CT molecular complexity index is 686. The fourth-order valence-corrected chi connectivity index (χ4v) is 3.83. The van der Waals surface area contributed by atoms with Gasteiger partial charge in [0.2, 0.25) is 5.91 Å². The first-order chi connectivity index (χ1) is 11.0. The Morgan fingerprint density at radius 3 is 2.57 bits per heavy atom. The zero-order chi connectivity index (χ0) is 16.6. The second kappa shape index (κ2) is 6.47. The largest absolute Gasteiger partial charge is 0.342 e. The number of thioether (sulfide) groups is 1. The van der Waals surface area contributed by atoms with E-state index in [1.54, 1.807) is 0 Å². The molecule has 1 amide bonds. The minimum atomic E-state index is -0.922. The highest BCUT2D eigenvalue weighted by Crippen LogP contribution is 2.30. The van der Waals surface area contributed by atoms with Crippen molar-refractivity contribution in [3.05, 3.63) is 23.8 Å². The number of imidazole rings is 1. The van der Waals surface area contributed by atoms with E-state index in [9.17, 15) is 13.6 Å². The van der Waals surface area contributed by atoms with Crippen LogP contribution in [0.3, 0.4) is 0 Å². The summed E-state index contributed by atoms with van der Waals surface area (Å²) in [5, 5.41) is 0.250. The van der Waals surface area contributed by atoms with Crippen molar-refractivity contribution in [1.82, 2.24) is 14.9 Å². The first-order valence-electron chi connectivity index (χ1n) is 7.76. The number of carbonyl (C=O) groups excluding carboxylic acids is 1. The van der Waals surface area contributed by atoms with Gasteiger partial charge in [0, 0.05) is 25.2 Å². The molecule has 1 unspecified atom stereocenters. The van der Waals surface area contributed by atoms with Crippen LogP contribution < -0.4 is 0 Å². The average molecular weight is 339 g/mol. The summed E-state index contributed by atoms with van der Waals surface area (Å²) in [6, 6.07) is 2.16. The first kappa shape index (κ1) is 16.2. The Labute approximate surface area is 137 Å². The lowest BCUT2D eigenvalue weighted by molar-refractivity contribution is -0.130. The van der Waals surface area contributed by atoms with Gasteiger partial charge >= 0.3 is 0 Å². The molecule has 1 aromatic heterocycles. The lowest BCUT2D eigenvalue weighted by Gasteiger charge is -2.24. The van der Waals surface area contributed by atoms with Gasteiger partial charge in [0.25, 0.3) is 0 Å². The van der Waals surface area contributed by atoms with Gasteiger partial charge in [-0.1, -0.05) is 25.6 Å². The molecule has 124 valence electrons. The molecule has 3 rings (SSSR count). The second-order valence-electron chi connectivity index (χ2n) is 6.14. The summed E-state index contributed by atoms with van der Waals surface area (Å²) in [4.78, 5) is 21.8. The third kappa shape index (κ3) is 3.34. The van der Waals surface area contributed by atoms with Crippen LogP contribution >= 0.6 is 11.8 Å². The number of fused-ring (bicyclic) bond motifs is 1. The van der Waals surface area contributed by atoms with Crippen molar-refractivity contribution < 1.29 is 13.6 Å². The smallest absolute Gasteiger partial charge is 0.236 e. The summed E-state index contributed by atoms with van der Waals surface area (Å²) in [5.41, 5.74) is 0.796. The van der Waals surface area contributed by atoms with Crippen LogP contribution in [-0.2, 0) is 4.79 Å². The van der Waals surface area contributed by atoms with E-state index in [-0.39, 0.29) is 17.1 Å². The van der Waals surface area contributed by atoms with Crippen molar-refractivity contribution in [2.24, 2.45) is 5.92 Å². The Hall–Kier alpha value is -1.63. The molecule has 4 nitrogen and oxygen atoms in total. The molecule has 1 aromatic carbocycles. The van der Waals surface area contributed by atoms with Gasteiger partial charge in [-0.3, -0.25) is 4.79 Å². The summed E-state index contributed by atoms with van der Waals surface area (Å²) >= 11 is 1.33. The first-order valence-corrected chi connectivity index (χ1v) is 8.64. The number of hydrogen-bond donors (Lipinski definition) is 1. The van der Waals surface area contributed by atoms with E-state index in [0.717, 1.165) is 38.1 Å². The number of amides is 1. The van der Waals surface area contributed by atoms with Gasteiger partial charge in [-0.15, -0.1) is 0 Å². The van der Waals surface area contributed by atoms with Crippen molar-refractivity contribution >= 4 is 28.7 Å². The van der Waals surface area contributed by atoms with Crippen LogP contribution in [0.15, 0.2) is 17.3 Å². The molecule has 1 N–H and O–H groups in total. The minimum Gasteiger partial charge on any atom is -0.342 e. The van der Waals surface area contributed by atoms with Gasteiger partial charge in [-0.05, 0) is 18.8 Å². The van der Waals surface area contributed by atoms with Gasteiger partial charge in [0.15, 0.2) is 16.8 Å². The fraction of sp³-hybridized carbons (Fsp3) is 0.500. The number of benzene rings is 1. The maximum atomic E-state index is 13.3. The number of aromatic amines is 1. The zero-order valence-corrected chi connectivity index (χ0v) is 13.9. The highest BCUT2D eigenvalue weighted by molar-refractivity contribution is 8.00. The molecule has 1 aliphatic heterocycles. The molecule has 1 saturated heterocycles. The van der Waals surface area contributed by atoms with E-state index < -0.39 is 11.6 Å². The topological polar surface area (TPSA) is 49.0 Å². The predicted molar refractivity (Wildman–Crippen MR) is 86.3 cm³/mol. The number of nitrogens with zero attached hydrogens (tertiary/aromatic N) is 2. The van der Waals surface area contributed by atoms with Crippen LogP contribution in [-0.4, -0.2) is 39.1 Å². The number of halogens is 2. The summed E-state index contributed by atoms with van der Waals surface area (Å²) in [6.07, 6.45) is 2.09. The van der Waals surface area contributed by atoms with E-state index in [0.29, 0.717) is 16.2 Å². The third-order valence-electron chi connectivity index (χ3n) is 4.01. The number of H-pyrrole nitrogens is 1. The summed E-state index contributed by atoms with van der Waals surface area (Å²) in [5.74, 6) is -1.59. The van der Waals surface area contributed by atoms with Gasteiger partial charge < -0.3 is 9.88 Å². The van der Waals surface area contributed by atoms with Crippen LogP contribution in [0.1, 0.15) is 26.7 Å². The Morgan fingerprint density at radius 1 is 1.26 bits per heavy atom. The normalized spacial score (nSPS) is 16.5. The molecule has 0 bridgehead atoms. The average Bonchev–Trinajstić information content (AvgIpc) is 3.13. The summed E-state index contributed by atoms with van der Waals surface area (Å²) < 4.78 is 26.6. The number of nitrogens with one attached hydrogen (secondary N) is 1. The fourth-order valence-electron chi connectivity index (χ4n) is 2.75. The minimum absolute atomic E-state index is 0.111. The SMILES string of the molecule is CC(C)C(Sc1nc2cc(F)c(F)cc2[nH]1)C(=O)N1CCCC1. The highest BCUT2D eigenvalue weighted by atomic mass is 32.2. The van der Waals surface area contributed by atoms with Crippen LogP contribution in [0.2, 0.25) is 0 Å². The molecule has 23 heavy (non-hydrogen) atoms. The third-order valence-corrected chi connectivity index (χ3v) is 5.42. The second-order valence-corrected chi connectivity index (χ2v) is 7.27. The van der Waals surface area contributed by atoms with Crippen LogP contribution in [0.5, 0.6) is 0 Å². The number of rotatable bonds is 4. The standard InChI is InChI=1S/C16H19F2N3OS/c1-9(2)14(15(22)21-5-3-4-6-21)23-16-19-12-7-10(17)11(18)8-13(12)20-16/h7-9,14H,3-6H2,1-2H3,(H,19,20). The van der Waals surface area contributed by atoms with Gasteiger partial charge in [0.1, 0.15) is 0 Å². The molecule has 1 atom stereocenters. The van der Waals surface area contributed by atoms with Crippen molar-refractivity contribution in [3.63, 3.8) is 0 Å². The van der Waals surface area contributed by atoms with Gasteiger partial charge in [-0.2, -0.15) is 0 Å². The molecule has 7 heteroatoms. The van der Waals surface area contributed by atoms with Crippen LogP contribution in [0.4, 0.5) is 8.78 Å². The van der Waals surface area contributed by atoms with Crippen molar-refractivity contribution in [3.8, 4) is 0 Å². The molecule has 0 radical (unpaired) electrons. The molecule has 0 spiro atoms. The van der Waals surface area contributed by atoms with Crippen molar-refractivity contribution in [2.75, 3.05) is 13.1 Å². The molecular weight excluding hydrogens is 320 g/mol. The van der Waals surface area contributed by atoms with Crippen molar-refractivity contribution in [2.45, 2.75) is 37.1 Å². The molecule has 0 aliphatic carbocycles. The van der Waals surface area contributed by atoms with E-state index in [1.165, 1.54) is 11.8 Å². The molecule has 1 fully saturated rings. The Morgan fingerprint density at radius 2 is 1.91 bits per heavy atom. The van der Waals surface area contributed by atoms with Gasteiger partial charge in [-0.25, -0.2) is 13.8 Å². The van der Waals surface area contributed by atoms with E-state index in [1.807, 2.05) is 18.7 Å².